The SMILES string of the molecule is COC1(CC(O)C(CN)c2ccc(F)cc2)CCC1. The minimum atomic E-state index is -0.560. The Morgan fingerprint density at radius 3 is 2.42 bits per heavy atom. The van der Waals surface area contributed by atoms with E-state index in [0.29, 0.717) is 13.0 Å². The summed E-state index contributed by atoms with van der Waals surface area (Å²) in [5.41, 5.74) is 6.46. The van der Waals surface area contributed by atoms with Gasteiger partial charge in [-0.3, -0.25) is 0 Å². The Bertz CT molecular complexity index is 398. The topological polar surface area (TPSA) is 55.5 Å². The third-order valence-corrected chi connectivity index (χ3v) is 4.30. The first-order valence-electron chi connectivity index (χ1n) is 6.79. The largest absolute Gasteiger partial charge is 0.392 e. The highest BCUT2D eigenvalue weighted by Crippen LogP contribution is 2.40. The molecule has 0 bridgehead atoms. The van der Waals surface area contributed by atoms with E-state index in [2.05, 4.69) is 0 Å². The van der Waals surface area contributed by atoms with Crippen molar-refractivity contribution in [3.63, 3.8) is 0 Å². The Labute approximate surface area is 113 Å². The van der Waals surface area contributed by atoms with Crippen LogP contribution in [0.3, 0.4) is 0 Å². The predicted molar refractivity (Wildman–Crippen MR) is 72.4 cm³/mol. The second kappa shape index (κ2) is 5.99. The van der Waals surface area contributed by atoms with Gasteiger partial charge >= 0.3 is 0 Å². The lowest BCUT2D eigenvalue weighted by Crippen LogP contribution is -2.44. The molecule has 0 aliphatic heterocycles. The highest BCUT2D eigenvalue weighted by molar-refractivity contribution is 5.22. The van der Waals surface area contributed by atoms with Gasteiger partial charge in [0.15, 0.2) is 0 Å². The van der Waals surface area contributed by atoms with E-state index in [9.17, 15) is 9.50 Å². The van der Waals surface area contributed by atoms with E-state index in [1.807, 2.05) is 0 Å². The van der Waals surface area contributed by atoms with Crippen LogP contribution in [0.2, 0.25) is 0 Å². The Morgan fingerprint density at radius 1 is 1.37 bits per heavy atom. The molecule has 0 radical (unpaired) electrons. The molecule has 1 aromatic rings. The summed E-state index contributed by atoms with van der Waals surface area (Å²) in [6.07, 6.45) is 3.14. The number of aliphatic hydroxyl groups excluding tert-OH is 1. The van der Waals surface area contributed by atoms with Crippen molar-refractivity contribution in [2.75, 3.05) is 13.7 Å². The predicted octanol–water partition coefficient (Wildman–Crippen LogP) is 2.19. The molecule has 106 valence electrons. The van der Waals surface area contributed by atoms with Crippen LogP contribution in [-0.4, -0.2) is 30.5 Å². The number of nitrogens with two attached hydrogens (primary N) is 1. The molecule has 1 aromatic carbocycles. The molecule has 1 aliphatic rings. The third-order valence-electron chi connectivity index (χ3n) is 4.30. The number of benzene rings is 1. The zero-order chi connectivity index (χ0) is 13.9. The molecule has 2 unspecified atom stereocenters. The maximum Gasteiger partial charge on any atom is 0.123 e. The van der Waals surface area contributed by atoms with E-state index in [1.165, 1.54) is 12.1 Å². The van der Waals surface area contributed by atoms with Gasteiger partial charge in [-0.15, -0.1) is 0 Å². The maximum absolute atomic E-state index is 12.9. The number of methoxy groups -OCH3 is 1. The van der Waals surface area contributed by atoms with Gasteiger partial charge in [0, 0.05) is 26.0 Å². The van der Waals surface area contributed by atoms with Gasteiger partial charge in [0.1, 0.15) is 5.82 Å². The third kappa shape index (κ3) is 3.14. The summed E-state index contributed by atoms with van der Waals surface area (Å²) in [4.78, 5) is 0. The number of hydrogen-bond acceptors (Lipinski definition) is 3. The van der Waals surface area contributed by atoms with Gasteiger partial charge in [-0.1, -0.05) is 12.1 Å². The first kappa shape index (κ1) is 14.4. The van der Waals surface area contributed by atoms with Gasteiger partial charge < -0.3 is 15.6 Å². The number of aliphatic hydroxyl groups is 1. The molecular weight excluding hydrogens is 245 g/mol. The summed E-state index contributed by atoms with van der Waals surface area (Å²) in [5.74, 6) is -0.449. The molecule has 19 heavy (non-hydrogen) atoms. The standard InChI is InChI=1S/C15H22FNO2/c1-19-15(7-2-8-15)9-14(18)13(10-17)11-3-5-12(16)6-4-11/h3-6,13-14,18H,2,7-10,17H2,1H3. The normalized spacial score (nSPS) is 20.6. The van der Waals surface area contributed by atoms with Crippen molar-refractivity contribution in [3.8, 4) is 0 Å². The molecule has 2 rings (SSSR count). The van der Waals surface area contributed by atoms with Crippen LogP contribution in [-0.2, 0) is 4.74 Å². The van der Waals surface area contributed by atoms with Crippen LogP contribution in [0.15, 0.2) is 24.3 Å². The molecule has 0 saturated heterocycles. The Balaban J connectivity index is 2.06. The number of halogens is 1. The van der Waals surface area contributed by atoms with Crippen molar-refractivity contribution in [2.45, 2.75) is 43.3 Å². The molecular formula is C15H22FNO2. The van der Waals surface area contributed by atoms with E-state index in [-0.39, 0.29) is 17.3 Å². The molecule has 0 amide bonds. The van der Waals surface area contributed by atoms with Crippen molar-refractivity contribution in [1.29, 1.82) is 0 Å². The van der Waals surface area contributed by atoms with E-state index >= 15 is 0 Å². The first-order chi connectivity index (χ1) is 9.10. The average Bonchev–Trinajstić information content (AvgIpc) is 2.37. The zero-order valence-corrected chi connectivity index (χ0v) is 11.3. The van der Waals surface area contributed by atoms with E-state index in [1.54, 1.807) is 19.2 Å². The van der Waals surface area contributed by atoms with Gasteiger partial charge in [0.05, 0.1) is 11.7 Å². The van der Waals surface area contributed by atoms with E-state index in [0.717, 1.165) is 24.8 Å². The van der Waals surface area contributed by atoms with Gasteiger partial charge in [0.2, 0.25) is 0 Å². The molecule has 0 spiro atoms. The van der Waals surface area contributed by atoms with Gasteiger partial charge in [-0.25, -0.2) is 4.39 Å². The lowest BCUT2D eigenvalue weighted by molar-refractivity contribution is -0.102. The number of hydrogen-bond donors (Lipinski definition) is 2. The second-order valence-corrected chi connectivity index (χ2v) is 5.41. The fourth-order valence-corrected chi connectivity index (χ4v) is 2.81. The van der Waals surface area contributed by atoms with Crippen molar-refractivity contribution in [1.82, 2.24) is 0 Å². The Morgan fingerprint density at radius 2 is 2.00 bits per heavy atom. The molecule has 3 N–H and O–H groups in total. The number of ether oxygens (including phenoxy) is 1. The van der Waals surface area contributed by atoms with Gasteiger partial charge in [0.25, 0.3) is 0 Å². The highest BCUT2D eigenvalue weighted by Gasteiger charge is 2.40. The van der Waals surface area contributed by atoms with Crippen molar-refractivity contribution in [3.05, 3.63) is 35.6 Å². The minimum absolute atomic E-state index is 0.173. The molecule has 1 aliphatic carbocycles. The lowest BCUT2D eigenvalue weighted by Gasteiger charge is -2.43. The number of rotatable bonds is 6. The van der Waals surface area contributed by atoms with E-state index in [4.69, 9.17) is 10.5 Å². The first-order valence-corrected chi connectivity index (χ1v) is 6.79. The van der Waals surface area contributed by atoms with Crippen LogP contribution in [0.4, 0.5) is 4.39 Å². The monoisotopic (exact) mass is 267 g/mol. The van der Waals surface area contributed by atoms with Gasteiger partial charge in [-0.05, 0) is 37.0 Å². The average molecular weight is 267 g/mol. The smallest absolute Gasteiger partial charge is 0.123 e. The highest BCUT2D eigenvalue weighted by atomic mass is 19.1. The van der Waals surface area contributed by atoms with Crippen molar-refractivity contribution in [2.24, 2.45) is 5.73 Å². The molecule has 0 heterocycles. The maximum atomic E-state index is 12.9. The fraction of sp³-hybridized carbons (Fsp3) is 0.600. The van der Waals surface area contributed by atoms with Crippen LogP contribution in [0.25, 0.3) is 0 Å². The summed E-state index contributed by atoms with van der Waals surface area (Å²) in [6.45, 7) is 0.340. The Kier molecular flexibility index (Phi) is 4.55. The van der Waals surface area contributed by atoms with E-state index < -0.39 is 6.10 Å². The summed E-state index contributed by atoms with van der Waals surface area (Å²) >= 11 is 0. The van der Waals surface area contributed by atoms with Crippen LogP contribution in [0.1, 0.15) is 37.2 Å². The fourth-order valence-electron chi connectivity index (χ4n) is 2.81. The molecule has 1 fully saturated rings. The van der Waals surface area contributed by atoms with Crippen LogP contribution in [0, 0.1) is 5.82 Å². The summed E-state index contributed by atoms with van der Waals surface area (Å²) in [7, 11) is 1.70. The molecule has 1 saturated carbocycles. The summed E-state index contributed by atoms with van der Waals surface area (Å²) in [6, 6.07) is 6.19. The van der Waals surface area contributed by atoms with Crippen molar-refractivity contribution < 1.29 is 14.2 Å². The van der Waals surface area contributed by atoms with Crippen LogP contribution >= 0.6 is 0 Å². The van der Waals surface area contributed by atoms with Crippen molar-refractivity contribution >= 4 is 0 Å². The second-order valence-electron chi connectivity index (χ2n) is 5.41. The Hall–Kier alpha value is -0.970. The summed E-state index contributed by atoms with van der Waals surface area (Å²) < 4.78 is 18.5. The summed E-state index contributed by atoms with van der Waals surface area (Å²) in [5, 5.41) is 10.4. The molecule has 0 aromatic heterocycles. The molecule has 3 nitrogen and oxygen atoms in total. The van der Waals surface area contributed by atoms with Crippen LogP contribution < -0.4 is 5.73 Å². The quantitative estimate of drug-likeness (QED) is 0.830. The minimum Gasteiger partial charge on any atom is -0.392 e. The van der Waals surface area contributed by atoms with Gasteiger partial charge in [-0.2, -0.15) is 0 Å². The lowest BCUT2D eigenvalue weighted by atomic mass is 9.73. The zero-order valence-electron chi connectivity index (χ0n) is 11.3. The molecule has 2 atom stereocenters. The molecule has 4 heteroatoms. The van der Waals surface area contributed by atoms with Crippen LogP contribution in [0.5, 0.6) is 0 Å².